The molecule has 0 radical (unpaired) electrons. The van der Waals surface area contributed by atoms with Crippen LogP contribution >= 0.6 is 15.9 Å². The Hall–Kier alpha value is -0.200. The van der Waals surface area contributed by atoms with Gasteiger partial charge in [0, 0.05) is 0 Å². The summed E-state index contributed by atoms with van der Waals surface area (Å²) in [7, 11) is 0. The van der Waals surface area contributed by atoms with Crippen molar-refractivity contribution in [2.24, 2.45) is 0 Å². The van der Waals surface area contributed by atoms with Gasteiger partial charge < -0.3 is 0 Å². The van der Waals surface area contributed by atoms with Crippen molar-refractivity contribution in [2.45, 2.75) is 11.0 Å². The van der Waals surface area contributed by atoms with Gasteiger partial charge in [-0.25, -0.2) is 17.6 Å². The predicted molar refractivity (Wildman–Crippen MR) is 29.1 cm³/mol. The van der Waals surface area contributed by atoms with Crippen LogP contribution in [0.25, 0.3) is 0 Å². The lowest BCUT2D eigenvalue weighted by atomic mass is 10.3. The highest BCUT2D eigenvalue weighted by atomic mass is 79.9. The van der Waals surface area contributed by atoms with Crippen molar-refractivity contribution in [2.75, 3.05) is 0 Å². The fraction of sp³-hybridized carbons (Fsp3) is 0.500. The van der Waals surface area contributed by atoms with Crippen molar-refractivity contribution in [3.05, 3.63) is 11.9 Å². The van der Waals surface area contributed by atoms with E-state index in [4.69, 9.17) is 0 Å². The number of allylic oxidation sites excluding steroid dienone is 1. The molecule has 0 N–H and O–H groups in total. The zero-order valence-corrected chi connectivity index (χ0v) is 6.31. The molecule has 0 aromatic rings. The second-order valence-electron chi connectivity index (χ2n) is 1.50. The number of alkyl halides is 4. The van der Waals surface area contributed by atoms with E-state index in [1.807, 2.05) is 0 Å². The molecule has 11 heavy (non-hydrogen) atoms. The molecule has 0 aliphatic rings. The van der Waals surface area contributed by atoms with E-state index in [9.17, 15) is 26.3 Å². The molecule has 0 saturated carbocycles. The van der Waals surface area contributed by atoms with Gasteiger partial charge in [0.2, 0.25) is 5.83 Å². The van der Waals surface area contributed by atoms with Gasteiger partial charge in [0.25, 0.3) is 11.0 Å². The summed E-state index contributed by atoms with van der Waals surface area (Å²) in [5.74, 6) is -2.80. The molecule has 0 aromatic carbocycles. The lowest BCUT2D eigenvalue weighted by Crippen LogP contribution is -2.25. The topological polar surface area (TPSA) is 0 Å². The Labute approximate surface area is 66.0 Å². The van der Waals surface area contributed by atoms with E-state index < -0.39 is 22.9 Å². The first-order chi connectivity index (χ1) is 4.80. The maximum absolute atomic E-state index is 12.1. The largest absolute Gasteiger partial charge is 0.306 e. The van der Waals surface area contributed by atoms with E-state index >= 15 is 0 Å². The molecule has 0 aromatic heterocycles. The number of hydrogen-bond acceptors (Lipinski definition) is 0. The minimum atomic E-state index is -4.08. The number of rotatable bonds is 2. The number of hydrogen-bond donors (Lipinski definition) is 0. The Morgan fingerprint density at radius 3 is 1.64 bits per heavy atom. The third-order valence-corrected chi connectivity index (χ3v) is 1.43. The predicted octanol–water partition coefficient (Wildman–Crippen LogP) is 3.39. The third kappa shape index (κ3) is 2.39. The van der Waals surface area contributed by atoms with Crippen LogP contribution in [-0.4, -0.2) is 11.0 Å². The van der Waals surface area contributed by atoms with Crippen molar-refractivity contribution in [3.63, 3.8) is 0 Å². The van der Waals surface area contributed by atoms with Gasteiger partial charge in [-0.05, 0) is 15.9 Å². The smallest absolute Gasteiger partial charge is 0.217 e. The van der Waals surface area contributed by atoms with Crippen molar-refractivity contribution < 1.29 is 26.3 Å². The van der Waals surface area contributed by atoms with Crippen LogP contribution in [0.4, 0.5) is 26.3 Å². The molecule has 0 bridgehead atoms. The standard InChI is InChI=1S/C4HBrF6/c5-4(11,3(9)10)1(6)2(7)8/h3H. The normalized spacial score (nSPS) is 16.4. The molecule has 1 atom stereocenters. The first-order valence-corrected chi connectivity index (χ1v) is 2.96. The average molecular weight is 243 g/mol. The Morgan fingerprint density at radius 1 is 1.18 bits per heavy atom. The zero-order chi connectivity index (χ0) is 9.23. The van der Waals surface area contributed by atoms with Crippen molar-refractivity contribution >= 4 is 15.9 Å². The molecular weight excluding hydrogens is 242 g/mol. The van der Waals surface area contributed by atoms with Gasteiger partial charge in [-0.15, -0.1) is 0 Å². The molecule has 0 saturated heterocycles. The van der Waals surface area contributed by atoms with Crippen LogP contribution in [0, 0.1) is 0 Å². The molecule has 0 aliphatic carbocycles. The molecule has 0 spiro atoms. The maximum Gasteiger partial charge on any atom is 0.306 e. The van der Waals surface area contributed by atoms with E-state index in [1.165, 1.54) is 15.9 Å². The highest BCUT2D eigenvalue weighted by Gasteiger charge is 2.45. The van der Waals surface area contributed by atoms with E-state index in [0.29, 0.717) is 0 Å². The minimum Gasteiger partial charge on any atom is -0.217 e. The summed E-state index contributed by atoms with van der Waals surface area (Å²) in [5, 5.41) is 0. The Balaban J connectivity index is 4.70. The molecule has 0 aliphatic heterocycles. The van der Waals surface area contributed by atoms with Gasteiger partial charge in [-0.1, -0.05) is 0 Å². The Bertz CT molecular complexity index is 169. The van der Waals surface area contributed by atoms with Gasteiger partial charge in [0.15, 0.2) is 0 Å². The Kier molecular flexibility index (Phi) is 3.40. The van der Waals surface area contributed by atoms with Gasteiger partial charge in [0.1, 0.15) is 0 Å². The maximum atomic E-state index is 12.1. The zero-order valence-electron chi connectivity index (χ0n) is 4.72. The molecule has 66 valence electrons. The summed E-state index contributed by atoms with van der Waals surface area (Å²) in [6.07, 6.45) is -6.99. The summed E-state index contributed by atoms with van der Waals surface area (Å²) in [6.45, 7) is 0. The van der Waals surface area contributed by atoms with Crippen LogP contribution in [0.5, 0.6) is 0 Å². The second kappa shape index (κ2) is 3.46. The van der Waals surface area contributed by atoms with Crippen LogP contribution in [0.3, 0.4) is 0 Å². The van der Waals surface area contributed by atoms with E-state index in [0.717, 1.165) is 0 Å². The highest BCUT2D eigenvalue weighted by Crippen LogP contribution is 2.38. The highest BCUT2D eigenvalue weighted by molar-refractivity contribution is 9.10. The van der Waals surface area contributed by atoms with Crippen molar-refractivity contribution in [3.8, 4) is 0 Å². The first-order valence-electron chi connectivity index (χ1n) is 2.17. The molecule has 0 heterocycles. The van der Waals surface area contributed by atoms with Crippen LogP contribution in [0.15, 0.2) is 11.9 Å². The van der Waals surface area contributed by atoms with Crippen LogP contribution in [-0.2, 0) is 0 Å². The van der Waals surface area contributed by atoms with Crippen molar-refractivity contribution in [1.29, 1.82) is 0 Å². The van der Waals surface area contributed by atoms with E-state index in [1.54, 1.807) is 0 Å². The van der Waals surface area contributed by atoms with Crippen LogP contribution in [0.2, 0.25) is 0 Å². The van der Waals surface area contributed by atoms with Gasteiger partial charge in [-0.3, -0.25) is 0 Å². The van der Waals surface area contributed by atoms with Gasteiger partial charge in [0.05, 0.1) is 0 Å². The van der Waals surface area contributed by atoms with E-state index in [-0.39, 0.29) is 0 Å². The van der Waals surface area contributed by atoms with Crippen LogP contribution in [0.1, 0.15) is 0 Å². The fourth-order valence-corrected chi connectivity index (χ4v) is 0.372. The van der Waals surface area contributed by atoms with Gasteiger partial charge >= 0.3 is 6.08 Å². The minimum absolute atomic E-state index is 1.48. The summed E-state index contributed by atoms with van der Waals surface area (Å²) < 4.78 is 65.0. The molecule has 0 amide bonds. The molecule has 1 unspecified atom stereocenters. The average Bonchev–Trinajstić information content (AvgIpc) is 1.85. The second-order valence-corrected chi connectivity index (χ2v) is 2.65. The molecule has 0 nitrogen and oxygen atoms in total. The van der Waals surface area contributed by atoms with Crippen LogP contribution < -0.4 is 0 Å². The summed E-state index contributed by atoms with van der Waals surface area (Å²) >= 11 is 1.48. The first kappa shape index (κ1) is 10.8. The summed E-state index contributed by atoms with van der Waals surface area (Å²) in [4.78, 5) is 0. The monoisotopic (exact) mass is 242 g/mol. The van der Waals surface area contributed by atoms with E-state index in [2.05, 4.69) is 0 Å². The Morgan fingerprint density at radius 2 is 1.55 bits per heavy atom. The van der Waals surface area contributed by atoms with Crippen molar-refractivity contribution in [1.82, 2.24) is 0 Å². The molecule has 0 rings (SSSR count). The van der Waals surface area contributed by atoms with Gasteiger partial charge in [-0.2, -0.15) is 8.78 Å². The molecular formula is C4HBrF6. The number of halogens is 7. The SMILES string of the molecule is FC(F)=C(F)C(F)(Br)C(F)F. The fourth-order valence-electron chi connectivity index (χ4n) is 0.222. The lowest BCUT2D eigenvalue weighted by Gasteiger charge is -2.13. The lowest BCUT2D eigenvalue weighted by molar-refractivity contribution is 0.0363. The summed E-state index contributed by atoms with van der Waals surface area (Å²) in [6, 6.07) is 0. The molecule has 0 fully saturated rings. The molecule has 7 heteroatoms. The summed E-state index contributed by atoms with van der Waals surface area (Å²) in [5.41, 5.74) is 0. The quantitative estimate of drug-likeness (QED) is 0.515. The third-order valence-electron chi connectivity index (χ3n) is 0.733.